The first-order valence-electron chi connectivity index (χ1n) is 5.78. The van der Waals surface area contributed by atoms with Crippen LogP contribution in [0.25, 0.3) is 0 Å². The van der Waals surface area contributed by atoms with Crippen molar-refractivity contribution >= 4 is 5.69 Å². The van der Waals surface area contributed by atoms with Crippen LogP contribution in [0.1, 0.15) is 31.7 Å². The normalized spacial score (nSPS) is 10.4. The average molecular weight is 223 g/mol. The van der Waals surface area contributed by atoms with Gasteiger partial charge in [-0.05, 0) is 12.5 Å². The van der Waals surface area contributed by atoms with Crippen molar-refractivity contribution in [2.24, 2.45) is 0 Å². The molecule has 0 amide bonds. The second-order valence-electron chi connectivity index (χ2n) is 3.83. The molecule has 0 unspecified atom stereocenters. The molecule has 2 N–H and O–H groups in total. The van der Waals surface area contributed by atoms with Crippen molar-refractivity contribution in [3.8, 4) is 5.75 Å². The van der Waals surface area contributed by atoms with Crippen molar-refractivity contribution in [3.63, 3.8) is 0 Å². The molecule has 0 spiro atoms. The number of hydrogen-bond donors (Lipinski definition) is 1. The number of benzene rings is 1. The fraction of sp³-hybridized carbons (Fsp3) is 0.538. The molecule has 0 aromatic heterocycles. The number of methoxy groups -OCH3 is 1. The summed E-state index contributed by atoms with van der Waals surface area (Å²) in [6.45, 7) is 3.58. The molecule has 0 saturated heterocycles. The third-order valence-corrected chi connectivity index (χ3v) is 2.46. The fourth-order valence-corrected chi connectivity index (χ4v) is 1.52. The van der Waals surface area contributed by atoms with Crippen molar-refractivity contribution in [2.45, 2.75) is 32.8 Å². The maximum atomic E-state index is 5.68. The summed E-state index contributed by atoms with van der Waals surface area (Å²) in [5, 5.41) is 0. The summed E-state index contributed by atoms with van der Waals surface area (Å²) >= 11 is 0. The number of ether oxygens (including phenoxy) is 2. The molecular weight excluding hydrogens is 202 g/mol. The Bertz CT molecular complexity index is 313. The first kappa shape index (κ1) is 12.8. The van der Waals surface area contributed by atoms with Crippen LogP contribution >= 0.6 is 0 Å². The van der Waals surface area contributed by atoms with Crippen LogP contribution in [0.4, 0.5) is 5.69 Å². The number of nitrogen functional groups attached to an aromatic ring is 1. The van der Waals surface area contributed by atoms with Gasteiger partial charge in [0.05, 0.1) is 13.7 Å². The summed E-state index contributed by atoms with van der Waals surface area (Å²) in [6, 6.07) is 5.64. The van der Waals surface area contributed by atoms with E-state index in [1.165, 1.54) is 12.8 Å². The highest BCUT2D eigenvalue weighted by atomic mass is 16.5. The number of unbranched alkanes of at least 4 members (excludes halogenated alkanes) is 2. The molecular formula is C13H21NO2. The Balaban J connectivity index is 2.41. The molecule has 0 fully saturated rings. The molecule has 0 aliphatic rings. The highest BCUT2D eigenvalue weighted by Crippen LogP contribution is 2.22. The molecule has 1 aromatic carbocycles. The van der Waals surface area contributed by atoms with Gasteiger partial charge in [-0.15, -0.1) is 0 Å². The molecule has 1 aromatic rings. The molecule has 0 aliphatic heterocycles. The van der Waals surface area contributed by atoms with E-state index < -0.39 is 0 Å². The van der Waals surface area contributed by atoms with E-state index in [2.05, 4.69) is 6.92 Å². The molecule has 0 heterocycles. The molecule has 16 heavy (non-hydrogen) atoms. The largest absolute Gasteiger partial charge is 0.496 e. The third-order valence-electron chi connectivity index (χ3n) is 2.46. The van der Waals surface area contributed by atoms with Crippen molar-refractivity contribution in [2.75, 3.05) is 19.5 Å². The zero-order valence-electron chi connectivity index (χ0n) is 10.2. The standard InChI is InChI=1S/C13H21NO2/c1-3-4-5-8-16-10-11-6-7-12(14)9-13(11)15-2/h6-7,9H,3-5,8,10,14H2,1-2H3. The van der Waals surface area contributed by atoms with E-state index in [4.69, 9.17) is 15.2 Å². The fourth-order valence-electron chi connectivity index (χ4n) is 1.52. The molecule has 0 atom stereocenters. The van der Waals surface area contributed by atoms with Crippen molar-refractivity contribution in [1.29, 1.82) is 0 Å². The Morgan fingerprint density at radius 1 is 1.25 bits per heavy atom. The van der Waals surface area contributed by atoms with Gasteiger partial charge >= 0.3 is 0 Å². The van der Waals surface area contributed by atoms with Crippen LogP contribution in [-0.4, -0.2) is 13.7 Å². The van der Waals surface area contributed by atoms with Gasteiger partial charge in [0, 0.05) is 23.9 Å². The summed E-state index contributed by atoms with van der Waals surface area (Å²) in [4.78, 5) is 0. The lowest BCUT2D eigenvalue weighted by atomic mass is 10.2. The molecule has 0 saturated carbocycles. The van der Waals surface area contributed by atoms with E-state index in [1.54, 1.807) is 7.11 Å². The van der Waals surface area contributed by atoms with Crippen molar-refractivity contribution < 1.29 is 9.47 Å². The van der Waals surface area contributed by atoms with Crippen LogP contribution in [0.2, 0.25) is 0 Å². The third kappa shape index (κ3) is 4.11. The highest BCUT2D eigenvalue weighted by molar-refractivity contribution is 5.48. The first-order chi connectivity index (χ1) is 7.77. The van der Waals surface area contributed by atoms with Gasteiger partial charge in [0.25, 0.3) is 0 Å². The zero-order valence-corrected chi connectivity index (χ0v) is 10.2. The lowest BCUT2D eigenvalue weighted by molar-refractivity contribution is 0.115. The molecule has 0 radical (unpaired) electrons. The van der Waals surface area contributed by atoms with Gasteiger partial charge in [-0.1, -0.05) is 25.8 Å². The van der Waals surface area contributed by atoms with Crippen LogP contribution in [0.15, 0.2) is 18.2 Å². The summed E-state index contributed by atoms with van der Waals surface area (Å²) in [5.41, 5.74) is 7.44. The Morgan fingerprint density at radius 3 is 2.75 bits per heavy atom. The van der Waals surface area contributed by atoms with Crippen LogP contribution < -0.4 is 10.5 Å². The quantitative estimate of drug-likeness (QED) is 0.571. The van der Waals surface area contributed by atoms with Crippen molar-refractivity contribution in [1.82, 2.24) is 0 Å². The van der Waals surface area contributed by atoms with E-state index in [1.807, 2.05) is 18.2 Å². The van der Waals surface area contributed by atoms with Gasteiger partial charge in [-0.25, -0.2) is 0 Å². The minimum absolute atomic E-state index is 0.590. The molecule has 0 aliphatic carbocycles. The van der Waals surface area contributed by atoms with Crippen LogP contribution in [0.3, 0.4) is 0 Å². The van der Waals surface area contributed by atoms with Gasteiger partial charge in [-0.3, -0.25) is 0 Å². The SMILES string of the molecule is CCCCCOCc1ccc(N)cc1OC. The maximum absolute atomic E-state index is 5.68. The minimum Gasteiger partial charge on any atom is -0.496 e. The summed E-state index contributed by atoms with van der Waals surface area (Å²) in [7, 11) is 1.65. The minimum atomic E-state index is 0.590. The molecule has 3 nitrogen and oxygen atoms in total. The Hall–Kier alpha value is -1.22. The van der Waals surface area contributed by atoms with Gasteiger partial charge in [0.1, 0.15) is 5.75 Å². The summed E-state index contributed by atoms with van der Waals surface area (Å²) in [6.07, 6.45) is 3.56. The predicted molar refractivity (Wildman–Crippen MR) is 66.6 cm³/mol. The van der Waals surface area contributed by atoms with Gasteiger partial charge in [0.15, 0.2) is 0 Å². The monoisotopic (exact) mass is 223 g/mol. The highest BCUT2D eigenvalue weighted by Gasteiger charge is 2.03. The van der Waals surface area contributed by atoms with E-state index in [-0.39, 0.29) is 0 Å². The maximum Gasteiger partial charge on any atom is 0.126 e. The predicted octanol–water partition coefficient (Wildman–Crippen LogP) is 2.98. The van der Waals surface area contributed by atoms with Gasteiger partial charge < -0.3 is 15.2 Å². The van der Waals surface area contributed by atoms with Gasteiger partial charge in [0.2, 0.25) is 0 Å². The van der Waals surface area contributed by atoms with E-state index in [9.17, 15) is 0 Å². The van der Waals surface area contributed by atoms with E-state index in [0.717, 1.165) is 24.3 Å². The van der Waals surface area contributed by atoms with E-state index in [0.29, 0.717) is 12.3 Å². The number of hydrogen-bond acceptors (Lipinski definition) is 3. The summed E-state index contributed by atoms with van der Waals surface area (Å²) < 4.78 is 10.8. The van der Waals surface area contributed by atoms with Gasteiger partial charge in [-0.2, -0.15) is 0 Å². The summed E-state index contributed by atoms with van der Waals surface area (Å²) in [5.74, 6) is 0.801. The number of nitrogens with two attached hydrogens (primary N) is 1. The smallest absolute Gasteiger partial charge is 0.126 e. The second kappa shape index (κ2) is 7.12. The Kier molecular flexibility index (Phi) is 5.72. The number of rotatable bonds is 7. The second-order valence-corrected chi connectivity index (χ2v) is 3.83. The van der Waals surface area contributed by atoms with E-state index >= 15 is 0 Å². The molecule has 1 rings (SSSR count). The van der Waals surface area contributed by atoms with Crippen molar-refractivity contribution in [3.05, 3.63) is 23.8 Å². The lowest BCUT2D eigenvalue weighted by Gasteiger charge is -2.09. The Morgan fingerprint density at radius 2 is 2.06 bits per heavy atom. The Labute approximate surface area is 97.6 Å². The lowest BCUT2D eigenvalue weighted by Crippen LogP contribution is -1.99. The van der Waals surface area contributed by atoms with Crippen LogP contribution in [-0.2, 0) is 11.3 Å². The van der Waals surface area contributed by atoms with Crippen LogP contribution in [0, 0.1) is 0 Å². The van der Waals surface area contributed by atoms with Crippen LogP contribution in [0.5, 0.6) is 5.75 Å². The zero-order chi connectivity index (χ0) is 11.8. The molecule has 90 valence electrons. The molecule has 0 bridgehead atoms. The molecule has 3 heteroatoms. The average Bonchev–Trinajstić information content (AvgIpc) is 2.30. The number of anilines is 1. The first-order valence-corrected chi connectivity index (χ1v) is 5.78. The topological polar surface area (TPSA) is 44.5 Å².